The third-order valence-electron chi connectivity index (χ3n) is 7.79. The molecule has 0 spiro atoms. The van der Waals surface area contributed by atoms with Crippen molar-refractivity contribution in [1.82, 2.24) is 0 Å². The van der Waals surface area contributed by atoms with E-state index in [-0.39, 0.29) is 17.2 Å². The van der Waals surface area contributed by atoms with Crippen molar-refractivity contribution in [1.29, 1.82) is 0 Å². The number of ketones is 1. The number of hydrogen-bond donors (Lipinski definition) is 3. The second kappa shape index (κ2) is 14.3. The van der Waals surface area contributed by atoms with E-state index in [4.69, 9.17) is 23.7 Å². The van der Waals surface area contributed by atoms with Crippen molar-refractivity contribution in [2.75, 3.05) is 45.2 Å². The minimum Gasteiger partial charge on any atom is -0.493 e. The van der Waals surface area contributed by atoms with Crippen molar-refractivity contribution in [3.63, 3.8) is 0 Å². The Morgan fingerprint density at radius 2 is 1.29 bits per heavy atom. The van der Waals surface area contributed by atoms with E-state index in [9.17, 15) is 19.5 Å². The van der Waals surface area contributed by atoms with E-state index < -0.39 is 47.4 Å². The molecule has 4 atom stereocenters. The topological polar surface area (TPSA) is 142 Å². The van der Waals surface area contributed by atoms with Crippen LogP contribution in [-0.2, 0) is 14.4 Å². The third kappa shape index (κ3) is 6.99. The van der Waals surface area contributed by atoms with Gasteiger partial charge in [0.15, 0.2) is 11.5 Å². The number of ether oxygens (including phenoxy) is 5. The highest BCUT2D eigenvalue weighted by Crippen LogP contribution is 2.50. The summed E-state index contributed by atoms with van der Waals surface area (Å²) >= 11 is 0. The van der Waals surface area contributed by atoms with Crippen LogP contribution in [0.1, 0.15) is 38.7 Å². The summed E-state index contributed by atoms with van der Waals surface area (Å²) < 4.78 is 28.0. The molecule has 1 aliphatic rings. The SMILES string of the molecule is CCOc1ccccc1NC(=O)C1C(=O)CC(C)(O)C(C(=O)Nc2ccccc2OCC)C1c1cc(OC)c(OC)c(OC)c1. The van der Waals surface area contributed by atoms with E-state index in [2.05, 4.69) is 10.6 Å². The van der Waals surface area contributed by atoms with Crippen LogP contribution in [0.2, 0.25) is 0 Å². The second-order valence-corrected chi connectivity index (χ2v) is 10.8. The molecule has 3 aromatic carbocycles. The van der Waals surface area contributed by atoms with Crippen LogP contribution >= 0.6 is 0 Å². The Hall–Kier alpha value is -4.77. The van der Waals surface area contributed by atoms with Gasteiger partial charge in [-0.1, -0.05) is 24.3 Å². The third-order valence-corrected chi connectivity index (χ3v) is 7.79. The van der Waals surface area contributed by atoms with Crippen molar-refractivity contribution < 1.29 is 43.2 Å². The number of para-hydroxylation sites is 4. The van der Waals surface area contributed by atoms with Gasteiger partial charge in [-0.2, -0.15) is 0 Å². The van der Waals surface area contributed by atoms with Crippen molar-refractivity contribution in [3.05, 3.63) is 66.2 Å². The second-order valence-electron chi connectivity index (χ2n) is 10.8. The minimum atomic E-state index is -1.84. The van der Waals surface area contributed by atoms with Gasteiger partial charge in [0.2, 0.25) is 17.6 Å². The number of carbonyl (C=O) groups excluding carboxylic acids is 3. The molecule has 2 amide bonds. The monoisotopic (exact) mass is 620 g/mol. The van der Waals surface area contributed by atoms with Gasteiger partial charge in [0.1, 0.15) is 23.2 Å². The predicted octanol–water partition coefficient (Wildman–Crippen LogP) is 4.83. The van der Waals surface area contributed by atoms with Crippen LogP contribution in [-0.4, -0.2) is 62.8 Å². The lowest BCUT2D eigenvalue weighted by atomic mass is 9.61. The molecule has 0 radical (unpaired) electrons. The van der Waals surface area contributed by atoms with Gasteiger partial charge >= 0.3 is 0 Å². The maximum absolute atomic E-state index is 14.3. The van der Waals surface area contributed by atoms with Crippen LogP contribution in [0.4, 0.5) is 11.4 Å². The average molecular weight is 621 g/mol. The van der Waals surface area contributed by atoms with E-state index in [1.165, 1.54) is 28.3 Å². The average Bonchev–Trinajstić information content (AvgIpc) is 3.01. The molecular formula is C34H40N2O9. The molecule has 45 heavy (non-hydrogen) atoms. The lowest BCUT2D eigenvalue weighted by Gasteiger charge is -2.44. The summed E-state index contributed by atoms with van der Waals surface area (Å²) in [6.07, 6.45) is -0.440. The first-order valence-corrected chi connectivity index (χ1v) is 14.7. The van der Waals surface area contributed by atoms with E-state index >= 15 is 0 Å². The van der Waals surface area contributed by atoms with Crippen LogP contribution in [0.15, 0.2) is 60.7 Å². The number of amides is 2. The molecule has 11 heteroatoms. The molecule has 11 nitrogen and oxygen atoms in total. The van der Waals surface area contributed by atoms with Crippen LogP contribution in [0, 0.1) is 11.8 Å². The number of rotatable bonds is 12. The molecule has 0 aromatic heterocycles. The first-order valence-electron chi connectivity index (χ1n) is 14.7. The predicted molar refractivity (Wildman–Crippen MR) is 169 cm³/mol. The Labute approximate surface area is 262 Å². The summed E-state index contributed by atoms with van der Waals surface area (Å²) in [5.74, 6) is -3.97. The Bertz CT molecular complexity index is 1510. The van der Waals surface area contributed by atoms with E-state index in [0.717, 1.165) is 0 Å². The number of aliphatic hydroxyl groups is 1. The highest BCUT2D eigenvalue weighted by atomic mass is 16.5. The maximum atomic E-state index is 14.3. The minimum absolute atomic E-state index is 0.256. The van der Waals surface area contributed by atoms with E-state index in [0.29, 0.717) is 41.7 Å². The molecule has 1 aliphatic carbocycles. The maximum Gasteiger partial charge on any atom is 0.235 e. The molecule has 1 fully saturated rings. The molecular weight excluding hydrogens is 580 g/mol. The normalized spacial score (nSPS) is 21.0. The number of methoxy groups -OCH3 is 3. The molecule has 3 N–H and O–H groups in total. The van der Waals surface area contributed by atoms with Crippen molar-refractivity contribution in [2.45, 2.75) is 38.7 Å². The number of anilines is 2. The summed E-state index contributed by atoms with van der Waals surface area (Å²) in [4.78, 5) is 42.2. The Kier molecular flexibility index (Phi) is 10.6. The van der Waals surface area contributed by atoms with Crippen molar-refractivity contribution in [2.24, 2.45) is 11.8 Å². The molecule has 1 saturated carbocycles. The molecule has 0 heterocycles. The number of hydrogen-bond acceptors (Lipinski definition) is 9. The summed E-state index contributed by atoms with van der Waals surface area (Å²) in [6.45, 7) is 5.79. The first-order chi connectivity index (χ1) is 21.6. The fourth-order valence-corrected chi connectivity index (χ4v) is 5.91. The summed E-state index contributed by atoms with van der Waals surface area (Å²) in [5, 5.41) is 17.5. The Balaban J connectivity index is 1.88. The van der Waals surface area contributed by atoms with Gasteiger partial charge in [-0.15, -0.1) is 0 Å². The van der Waals surface area contributed by atoms with E-state index in [1.807, 2.05) is 13.8 Å². The molecule has 4 unspecified atom stereocenters. The van der Waals surface area contributed by atoms with Gasteiger partial charge < -0.3 is 39.4 Å². The van der Waals surface area contributed by atoms with Crippen LogP contribution < -0.4 is 34.3 Å². The quantitative estimate of drug-likeness (QED) is 0.243. The number of nitrogens with one attached hydrogen (secondary N) is 2. The molecule has 0 aliphatic heterocycles. The molecule has 0 saturated heterocycles. The van der Waals surface area contributed by atoms with Crippen LogP contribution in [0.5, 0.6) is 28.7 Å². The number of benzene rings is 3. The van der Waals surface area contributed by atoms with Gasteiger partial charge in [-0.3, -0.25) is 14.4 Å². The molecule has 240 valence electrons. The highest BCUT2D eigenvalue weighted by molar-refractivity contribution is 6.11. The van der Waals surface area contributed by atoms with Crippen LogP contribution in [0.25, 0.3) is 0 Å². The summed E-state index contributed by atoms with van der Waals surface area (Å²) in [6, 6.07) is 16.9. The van der Waals surface area contributed by atoms with Gasteiger partial charge in [0.05, 0.1) is 57.4 Å². The molecule has 4 rings (SSSR count). The zero-order valence-corrected chi connectivity index (χ0v) is 26.3. The Morgan fingerprint density at radius 1 is 0.800 bits per heavy atom. The number of Topliss-reactive ketones (excluding diaryl/α,β-unsaturated/α-hetero) is 1. The zero-order valence-electron chi connectivity index (χ0n) is 26.3. The zero-order chi connectivity index (χ0) is 32.7. The first kappa shape index (κ1) is 33.1. The fraction of sp³-hybridized carbons (Fsp3) is 0.382. The standard InChI is InChI=1S/C34H40N2O9/c1-7-44-24-15-11-9-13-21(24)35-32(38)29-23(37)19-34(3,40)30(33(39)36-22-14-10-12-16-25(22)45-8-2)28(29)20-17-26(41-4)31(43-6)27(18-20)42-5/h9-18,28-30,40H,7-8,19H2,1-6H3,(H,35,38)(H,36,39). The lowest BCUT2D eigenvalue weighted by molar-refractivity contribution is -0.150. The smallest absolute Gasteiger partial charge is 0.235 e. The van der Waals surface area contributed by atoms with Crippen LogP contribution in [0.3, 0.4) is 0 Å². The number of carbonyl (C=O) groups is 3. The summed E-state index contributed by atoms with van der Waals surface area (Å²) in [5.41, 5.74) is -0.737. The van der Waals surface area contributed by atoms with E-state index in [1.54, 1.807) is 60.7 Å². The lowest BCUT2D eigenvalue weighted by Crippen LogP contribution is -2.56. The summed E-state index contributed by atoms with van der Waals surface area (Å²) in [7, 11) is 4.33. The highest BCUT2D eigenvalue weighted by Gasteiger charge is 2.56. The Morgan fingerprint density at radius 3 is 1.76 bits per heavy atom. The van der Waals surface area contributed by atoms with Gasteiger partial charge in [0, 0.05) is 12.3 Å². The molecule has 3 aromatic rings. The van der Waals surface area contributed by atoms with Crippen molar-refractivity contribution >= 4 is 29.0 Å². The van der Waals surface area contributed by atoms with Gasteiger partial charge in [-0.05, 0) is 62.7 Å². The molecule has 0 bridgehead atoms. The fourth-order valence-electron chi connectivity index (χ4n) is 5.91. The van der Waals surface area contributed by atoms with Gasteiger partial charge in [0.25, 0.3) is 0 Å². The van der Waals surface area contributed by atoms with Gasteiger partial charge in [-0.25, -0.2) is 0 Å². The van der Waals surface area contributed by atoms with Crippen molar-refractivity contribution in [3.8, 4) is 28.7 Å². The largest absolute Gasteiger partial charge is 0.493 e.